The minimum absolute atomic E-state index is 0.0937. The average molecular weight is 444 g/mol. The van der Waals surface area contributed by atoms with Gasteiger partial charge < -0.3 is 20.9 Å². The van der Waals surface area contributed by atoms with Gasteiger partial charge in [-0.2, -0.15) is 0 Å². The second-order valence-corrected chi connectivity index (χ2v) is 8.65. The van der Waals surface area contributed by atoms with Crippen LogP contribution in [0.4, 0.5) is 5.69 Å². The average Bonchev–Trinajstić information content (AvgIpc) is 2.70. The molecule has 0 saturated carbocycles. The molecule has 0 radical (unpaired) electrons. The number of anilines is 1. The number of aryl methyl sites for hydroxylation is 2. The standard InChI is InChI=1S/C19H29N3O5S2/c1-4-14-8-6-7-13(3)18(14)22(12-27-5-2)16(23)11-29-28-10-15(20)19(26)21-9-17(24)25/h6-8,15H,4-5,9-12,20H2,1-3H3,(H,21,26)(H,24,25). The van der Waals surface area contributed by atoms with E-state index in [1.54, 1.807) is 4.90 Å². The Morgan fingerprint density at radius 1 is 1.28 bits per heavy atom. The third-order valence-corrected chi connectivity index (χ3v) is 6.25. The number of nitrogens with zero attached hydrogens (tertiary/aromatic N) is 1. The van der Waals surface area contributed by atoms with Gasteiger partial charge in [0.05, 0.1) is 17.5 Å². The first-order valence-corrected chi connectivity index (χ1v) is 11.8. The molecule has 1 rings (SSSR count). The van der Waals surface area contributed by atoms with Crippen LogP contribution in [0.5, 0.6) is 0 Å². The van der Waals surface area contributed by atoms with E-state index in [9.17, 15) is 14.4 Å². The van der Waals surface area contributed by atoms with Gasteiger partial charge >= 0.3 is 5.97 Å². The maximum Gasteiger partial charge on any atom is 0.322 e. The van der Waals surface area contributed by atoms with E-state index in [1.807, 2.05) is 39.0 Å². The van der Waals surface area contributed by atoms with Gasteiger partial charge in [-0.05, 0) is 31.4 Å². The first kappa shape index (κ1) is 25.3. The zero-order valence-corrected chi connectivity index (χ0v) is 18.6. The van der Waals surface area contributed by atoms with Gasteiger partial charge in [-0.3, -0.25) is 19.3 Å². The molecular weight excluding hydrogens is 414 g/mol. The molecule has 1 unspecified atom stereocenters. The van der Waals surface area contributed by atoms with Gasteiger partial charge in [0.15, 0.2) is 0 Å². The van der Waals surface area contributed by atoms with Gasteiger partial charge in [0.2, 0.25) is 11.8 Å². The van der Waals surface area contributed by atoms with E-state index in [2.05, 4.69) is 5.32 Å². The Balaban J connectivity index is 2.64. The maximum absolute atomic E-state index is 12.9. The minimum atomic E-state index is -1.13. The molecular formula is C19H29N3O5S2. The summed E-state index contributed by atoms with van der Waals surface area (Å²) >= 11 is 0. The molecule has 1 aromatic carbocycles. The Morgan fingerprint density at radius 3 is 2.62 bits per heavy atom. The second kappa shape index (κ2) is 13.5. The molecule has 0 aliphatic heterocycles. The van der Waals surface area contributed by atoms with Gasteiger partial charge in [0.25, 0.3) is 0 Å². The summed E-state index contributed by atoms with van der Waals surface area (Å²) in [4.78, 5) is 36.7. The van der Waals surface area contributed by atoms with Crippen LogP contribution in [0.25, 0.3) is 0 Å². The second-order valence-electron chi connectivity index (χ2n) is 6.14. The van der Waals surface area contributed by atoms with Crippen LogP contribution < -0.4 is 16.0 Å². The molecule has 10 heteroatoms. The molecule has 0 heterocycles. The third kappa shape index (κ3) is 8.65. The zero-order chi connectivity index (χ0) is 21.8. The van der Waals surface area contributed by atoms with Crippen molar-refractivity contribution in [3.05, 3.63) is 29.3 Å². The Morgan fingerprint density at radius 2 is 2.00 bits per heavy atom. The van der Waals surface area contributed by atoms with Crippen molar-refractivity contribution >= 4 is 45.1 Å². The summed E-state index contributed by atoms with van der Waals surface area (Å²) in [7, 11) is 2.60. The van der Waals surface area contributed by atoms with Gasteiger partial charge in [-0.1, -0.05) is 46.7 Å². The van der Waals surface area contributed by atoms with E-state index < -0.39 is 24.5 Å². The molecule has 0 fully saturated rings. The third-order valence-electron chi connectivity index (χ3n) is 3.96. The van der Waals surface area contributed by atoms with Crippen molar-refractivity contribution in [2.75, 3.05) is 36.3 Å². The van der Waals surface area contributed by atoms with Crippen LogP contribution in [0.2, 0.25) is 0 Å². The number of nitrogens with two attached hydrogens (primary N) is 1. The fourth-order valence-electron chi connectivity index (χ4n) is 2.50. The van der Waals surface area contributed by atoms with Crippen molar-refractivity contribution in [3.8, 4) is 0 Å². The normalized spacial score (nSPS) is 11.7. The van der Waals surface area contributed by atoms with Gasteiger partial charge in [-0.25, -0.2) is 0 Å². The highest BCUT2D eigenvalue weighted by Gasteiger charge is 2.21. The number of rotatable bonds is 13. The van der Waals surface area contributed by atoms with Crippen LogP contribution in [0.1, 0.15) is 25.0 Å². The monoisotopic (exact) mass is 443 g/mol. The van der Waals surface area contributed by atoms with E-state index in [1.165, 1.54) is 21.6 Å². The van der Waals surface area contributed by atoms with Gasteiger partial charge in [0.1, 0.15) is 13.3 Å². The van der Waals surface area contributed by atoms with Crippen LogP contribution in [0, 0.1) is 6.92 Å². The zero-order valence-electron chi connectivity index (χ0n) is 17.0. The summed E-state index contributed by atoms with van der Waals surface area (Å²) in [6, 6.07) is 5.11. The Kier molecular flexibility index (Phi) is 11.7. The lowest BCUT2D eigenvalue weighted by Crippen LogP contribution is -2.43. The molecule has 8 nitrogen and oxygen atoms in total. The maximum atomic E-state index is 12.9. The first-order valence-electron chi connectivity index (χ1n) is 9.27. The number of hydrogen-bond acceptors (Lipinski definition) is 7. The quantitative estimate of drug-likeness (QED) is 0.240. The summed E-state index contributed by atoms with van der Waals surface area (Å²) in [6.45, 7) is 6.10. The highest BCUT2D eigenvalue weighted by molar-refractivity contribution is 8.76. The van der Waals surface area contributed by atoms with Crippen LogP contribution in [0.3, 0.4) is 0 Å². The van der Waals surface area contributed by atoms with E-state index in [0.717, 1.165) is 23.2 Å². The Labute approximate surface area is 179 Å². The molecule has 0 spiro atoms. The Hall–Kier alpha value is -1.75. The van der Waals surface area contributed by atoms with Crippen molar-refractivity contribution in [3.63, 3.8) is 0 Å². The van der Waals surface area contributed by atoms with Crippen molar-refractivity contribution in [2.45, 2.75) is 33.2 Å². The number of carbonyl (C=O) groups excluding carboxylic acids is 2. The van der Waals surface area contributed by atoms with Crippen molar-refractivity contribution in [1.29, 1.82) is 0 Å². The molecule has 0 bridgehead atoms. The molecule has 4 N–H and O–H groups in total. The number of ether oxygens (including phenoxy) is 1. The van der Waals surface area contributed by atoms with Crippen LogP contribution in [0.15, 0.2) is 18.2 Å². The number of carboxylic acids is 1. The van der Waals surface area contributed by atoms with E-state index in [-0.39, 0.29) is 24.1 Å². The Bertz CT molecular complexity index is 702. The summed E-state index contributed by atoms with van der Waals surface area (Å²) < 4.78 is 5.52. The number of amides is 2. The van der Waals surface area contributed by atoms with Crippen molar-refractivity contribution in [2.24, 2.45) is 5.73 Å². The van der Waals surface area contributed by atoms with Gasteiger partial charge in [-0.15, -0.1) is 0 Å². The van der Waals surface area contributed by atoms with Crippen LogP contribution in [-0.4, -0.2) is 60.3 Å². The van der Waals surface area contributed by atoms with Gasteiger partial charge in [0, 0.05) is 12.4 Å². The van der Waals surface area contributed by atoms with E-state index in [0.29, 0.717) is 6.61 Å². The molecule has 1 aromatic rings. The van der Waals surface area contributed by atoms with Crippen LogP contribution in [-0.2, 0) is 25.5 Å². The fraction of sp³-hybridized carbons (Fsp3) is 0.526. The van der Waals surface area contributed by atoms with Crippen LogP contribution >= 0.6 is 21.6 Å². The molecule has 0 aliphatic carbocycles. The number of aliphatic carboxylic acids is 1. The minimum Gasteiger partial charge on any atom is -0.480 e. The molecule has 162 valence electrons. The number of benzene rings is 1. The number of hydrogen-bond donors (Lipinski definition) is 3. The summed E-state index contributed by atoms with van der Waals surface area (Å²) in [6.07, 6.45) is 0.801. The lowest BCUT2D eigenvalue weighted by atomic mass is 10.0. The molecule has 0 saturated heterocycles. The highest BCUT2D eigenvalue weighted by atomic mass is 33.1. The fourth-order valence-corrected chi connectivity index (χ4v) is 4.51. The summed E-state index contributed by atoms with van der Waals surface area (Å²) in [5, 5.41) is 10.8. The van der Waals surface area contributed by atoms with E-state index >= 15 is 0 Å². The smallest absolute Gasteiger partial charge is 0.322 e. The predicted molar refractivity (Wildman–Crippen MR) is 118 cm³/mol. The lowest BCUT2D eigenvalue weighted by molar-refractivity contribution is -0.138. The summed E-state index contributed by atoms with van der Waals surface area (Å²) in [5.41, 5.74) is 8.70. The van der Waals surface area contributed by atoms with E-state index in [4.69, 9.17) is 15.6 Å². The number of carbonyl (C=O) groups is 3. The molecule has 0 aromatic heterocycles. The van der Waals surface area contributed by atoms with Crippen molar-refractivity contribution in [1.82, 2.24) is 5.32 Å². The number of carboxylic acid groups (broad SMARTS) is 1. The topological polar surface area (TPSA) is 122 Å². The number of para-hydroxylation sites is 1. The number of nitrogens with one attached hydrogen (secondary N) is 1. The first-order chi connectivity index (χ1) is 13.8. The van der Waals surface area contributed by atoms with Crippen molar-refractivity contribution < 1.29 is 24.2 Å². The lowest BCUT2D eigenvalue weighted by Gasteiger charge is -2.26. The predicted octanol–water partition coefficient (Wildman–Crippen LogP) is 1.79. The summed E-state index contributed by atoms with van der Waals surface area (Å²) in [5.74, 6) is -1.30. The molecule has 29 heavy (non-hydrogen) atoms. The molecule has 1 atom stereocenters. The highest BCUT2D eigenvalue weighted by Crippen LogP contribution is 2.28. The largest absolute Gasteiger partial charge is 0.480 e. The molecule has 0 aliphatic rings. The SMILES string of the molecule is CCOCN(C(=O)CSSCC(N)C(=O)NCC(=O)O)c1c(C)cccc1CC. The molecule has 2 amide bonds.